The molecule has 0 spiro atoms. The largest absolute Gasteiger partial charge is 0.477 e. The predicted octanol–water partition coefficient (Wildman–Crippen LogP) is -6.77. The molecule has 18 heavy (non-hydrogen) atoms. The average Bonchev–Trinajstić information content (AvgIpc) is 2.32. The summed E-state index contributed by atoms with van der Waals surface area (Å²) in [6.07, 6.45) is 0. The lowest BCUT2D eigenvalue weighted by Gasteiger charge is -2.16. The van der Waals surface area contributed by atoms with Gasteiger partial charge in [-0.2, -0.15) is 0 Å². The monoisotopic (exact) mass is 233 g/mol. The van der Waals surface area contributed by atoms with E-state index in [2.05, 4.69) is 28.5 Å². The van der Waals surface area contributed by atoms with Crippen LogP contribution in [0.2, 0.25) is 0 Å². The summed E-state index contributed by atoms with van der Waals surface area (Å²) in [4.78, 5) is 15.4. The maximum atomic E-state index is 11.1. The van der Waals surface area contributed by atoms with Gasteiger partial charge in [-0.15, -0.1) is 5.46 Å². The fraction of sp³-hybridized carbons (Fsp3) is 0. The summed E-state index contributed by atoms with van der Waals surface area (Å²) >= 11 is 0. The molecule has 8 heteroatoms. The molecule has 0 radical (unpaired) electrons. The fourth-order valence-electron chi connectivity index (χ4n) is 2.45. The van der Waals surface area contributed by atoms with Crippen LogP contribution in [0, 0.1) is 0 Å². The Morgan fingerprint density at radius 3 is 2.11 bits per heavy atom. The van der Waals surface area contributed by atoms with Gasteiger partial charge < -0.3 is 5.11 Å². The second-order valence-corrected chi connectivity index (χ2v) is 4.85. The summed E-state index contributed by atoms with van der Waals surface area (Å²) in [5.74, 6) is -0.977. The number of aromatic nitrogens is 1. The van der Waals surface area contributed by atoms with Gasteiger partial charge in [0.15, 0.2) is 0 Å². The van der Waals surface area contributed by atoms with Crippen LogP contribution in [0.1, 0.15) is 10.5 Å². The smallest absolute Gasteiger partial charge is 0.354 e. The lowest BCUT2D eigenvalue weighted by molar-refractivity contribution is 0.0691. The summed E-state index contributed by atoms with van der Waals surface area (Å²) in [7, 11) is 10.2. The number of benzene rings is 1. The zero-order valence-electron chi connectivity index (χ0n) is 11.4. The molecule has 84 valence electrons. The maximum Gasteiger partial charge on any atom is 0.354 e. The molecule has 0 amide bonds. The van der Waals surface area contributed by atoms with E-state index in [-0.39, 0.29) is 5.69 Å². The molecule has 0 bridgehead atoms. The van der Waals surface area contributed by atoms with Crippen molar-refractivity contribution in [3.05, 3.63) is 11.8 Å². The molecule has 1 heterocycles. The van der Waals surface area contributed by atoms with Crippen molar-refractivity contribution in [1.82, 2.24) is 4.98 Å². The van der Waals surface area contributed by atoms with Crippen LogP contribution in [0.5, 0.6) is 0 Å². The molecule has 0 saturated heterocycles. The third-order valence-corrected chi connectivity index (χ3v) is 3.85. The number of carboxylic acids is 1. The van der Waals surface area contributed by atoms with E-state index in [1.54, 1.807) is 6.07 Å². The van der Waals surface area contributed by atoms with Crippen LogP contribution in [0.4, 0.5) is 0 Å². The fourth-order valence-corrected chi connectivity index (χ4v) is 2.45. The minimum absolute atomic E-state index is 0.116. The Morgan fingerprint density at radius 1 is 1.00 bits per heavy atom. The van der Waals surface area contributed by atoms with Crippen LogP contribution >= 0.6 is 0 Å². The number of hydrogen-bond donors (Lipinski definition) is 1. The van der Waals surface area contributed by atoms with Crippen molar-refractivity contribution in [2.24, 2.45) is 0 Å². The highest BCUT2D eigenvalue weighted by atomic mass is 16.4. The lowest BCUT2D eigenvalue weighted by Crippen LogP contribution is -2.49. The zero-order valence-corrected chi connectivity index (χ0v) is 11.4. The van der Waals surface area contributed by atoms with Crippen LogP contribution in [-0.4, -0.2) is 55.3 Å². The highest BCUT2D eigenvalue weighted by Crippen LogP contribution is 2.03. The number of carboxylic acid groups (broad SMARTS) is 1. The molecule has 3 nitrogen and oxygen atoms in total. The Labute approximate surface area is 110 Å². The Morgan fingerprint density at radius 2 is 1.56 bits per heavy atom. The number of fused-ring (bicyclic) bond motifs is 1. The van der Waals surface area contributed by atoms with E-state index in [4.69, 9.17) is 5.11 Å². The van der Waals surface area contributed by atoms with Crippen molar-refractivity contribution < 1.29 is 9.90 Å². The van der Waals surface area contributed by atoms with Gasteiger partial charge in [-0.3, -0.25) is 0 Å². The quantitative estimate of drug-likeness (QED) is 0.497. The number of hydrogen-bond acceptors (Lipinski definition) is 2. The number of carbonyl (C=O) groups is 1. The summed E-state index contributed by atoms with van der Waals surface area (Å²) in [6.45, 7) is 0. The van der Waals surface area contributed by atoms with Crippen LogP contribution < -0.4 is 27.3 Å². The summed E-state index contributed by atoms with van der Waals surface area (Å²) < 4.78 is 0. The Balaban J connectivity index is 3.02. The standard InChI is InChI=1S/C10H12B5NO2/c11-2-1-3(10(17)18)16-9-4(2)5(12)6(13)7(14)8(9)15/h1H,11-15H2,(H,17,18). The predicted molar refractivity (Wildman–Crippen MR) is 89.6 cm³/mol. The first-order valence-electron chi connectivity index (χ1n) is 5.95. The summed E-state index contributed by atoms with van der Waals surface area (Å²) in [5, 5.41) is 10.2. The van der Waals surface area contributed by atoms with Crippen molar-refractivity contribution in [2.75, 3.05) is 0 Å². The SMILES string of the molecule is Bc1c(B)c(B)c2c(B)cc(C(=O)O)nc2c1B. The first-order valence-corrected chi connectivity index (χ1v) is 5.95. The van der Waals surface area contributed by atoms with Crippen molar-refractivity contribution in [1.29, 1.82) is 0 Å². The third kappa shape index (κ3) is 1.76. The molecule has 0 fully saturated rings. The van der Waals surface area contributed by atoms with Gasteiger partial charge in [0, 0.05) is 0 Å². The van der Waals surface area contributed by atoms with Crippen LogP contribution in [0.3, 0.4) is 0 Å². The highest BCUT2D eigenvalue weighted by Gasteiger charge is 2.14. The van der Waals surface area contributed by atoms with Gasteiger partial charge in [-0.1, -0.05) is 21.9 Å². The molecule has 2 aromatic rings. The van der Waals surface area contributed by atoms with E-state index < -0.39 is 5.97 Å². The first kappa shape index (κ1) is 12.9. The van der Waals surface area contributed by atoms with Crippen molar-refractivity contribution in [2.45, 2.75) is 0 Å². The van der Waals surface area contributed by atoms with E-state index in [1.165, 1.54) is 16.4 Å². The van der Waals surface area contributed by atoms with E-state index in [9.17, 15) is 4.79 Å². The van der Waals surface area contributed by atoms with Gasteiger partial charge in [0.05, 0.1) is 5.52 Å². The Kier molecular flexibility index (Phi) is 3.05. The van der Waals surface area contributed by atoms with Gasteiger partial charge in [0.2, 0.25) is 0 Å². The van der Waals surface area contributed by atoms with Crippen LogP contribution in [-0.2, 0) is 0 Å². The lowest BCUT2D eigenvalue weighted by atomic mass is 9.64. The number of nitrogens with zero attached hydrogens (tertiary/aromatic N) is 1. The Hall–Kier alpha value is -1.58. The molecular weight excluding hydrogens is 220 g/mol. The molecule has 0 atom stereocenters. The van der Waals surface area contributed by atoms with Crippen molar-refractivity contribution in [3.63, 3.8) is 0 Å². The molecule has 0 aliphatic carbocycles. The molecule has 1 N–H and O–H groups in total. The average molecular weight is 232 g/mol. The number of aromatic carboxylic acids is 1. The minimum Gasteiger partial charge on any atom is -0.477 e. The minimum atomic E-state index is -0.977. The highest BCUT2D eigenvalue weighted by molar-refractivity contribution is 6.67. The van der Waals surface area contributed by atoms with Crippen molar-refractivity contribution in [3.8, 4) is 0 Å². The van der Waals surface area contributed by atoms with Crippen LogP contribution in [0.25, 0.3) is 10.9 Å². The van der Waals surface area contributed by atoms with E-state index in [0.29, 0.717) is 0 Å². The van der Waals surface area contributed by atoms with Gasteiger partial charge in [-0.05, 0) is 11.5 Å². The second kappa shape index (κ2) is 4.27. The summed E-state index contributed by atoms with van der Waals surface area (Å²) in [5.41, 5.74) is 6.61. The normalized spacial score (nSPS) is 10.7. The van der Waals surface area contributed by atoms with E-state index >= 15 is 0 Å². The molecule has 1 aromatic heterocycles. The van der Waals surface area contributed by atoms with Gasteiger partial charge in [-0.25, -0.2) is 9.78 Å². The molecule has 0 unspecified atom stereocenters. The number of rotatable bonds is 1. The van der Waals surface area contributed by atoms with Gasteiger partial charge in [0.1, 0.15) is 44.9 Å². The van der Waals surface area contributed by atoms with Gasteiger partial charge >= 0.3 is 5.97 Å². The zero-order chi connectivity index (χ0) is 13.6. The maximum absolute atomic E-state index is 11.1. The second-order valence-electron chi connectivity index (χ2n) is 4.85. The van der Waals surface area contributed by atoms with E-state index in [0.717, 1.165) is 21.8 Å². The third-order valence-electron chi connectivity index (χ3n) is 3.85. The molecule has 1 aromatic carbocycles. The first-order chi connectivity index (χ1) is 8.34. The number of pyridine rings is 1. The molecule has 0 aliphatic rings. The molecule has 0 saturated carbocycles. The van der Waals surface area contributed by atoms with E-state index in [1.807, 2.05) is 15.7 Å². The van der Waals surface area contributed by atoms with Crippen LogP contribution in [0.15, 0.2) is 6.07 Å². The molecule has 2 rings (SSSR count). The summed E-state index contributed by atoms with van der Waals surface area (Å²) in [6, 6.07) is 1.64. The van der Waals surface area contributed by atoms with Gasteiger partial charge in [0.25, 0.3) is 0 Å². The molecule has 0 aliphatic heterocycles. The van der Waals surface area contributed by atoms with Crippen molar-refractivity contribution >= 4 is 83.4 Å². The topological polar surface area (TPSA) is 50.2 Å². The Bertz CT molecular complexity index is 686. The molecular formula is C10H12B5NO2.